The van der Waals surface area contributed by atoms with Crippen LogP contribution in [0.15, 0.2) is 22.7 Å². The minimum Gasteiger partial charge on any atom is -0.278 e. The summed E-state index contributed by atoms with van der Waals surface area (Å²) in [5, 5.41) is 0. The maximum atomic E-state index is 13.2. The molecule has 1 unspecified atom stereocenters. The number of carbonyl (C=O) groups excluding carboxylic acids is 2. The van der Waals surface area contributed by atoms with Gasteiger partial charge in [-0.3, -0.25) is 14.5 Å². The number of halogens is 2. The van der Waals surface area contributed by atoms with Gasteiger partial charge in [0.15, 0.2) is 0 Å². The number of hydrogen-bond donors (Lipinski definition) is 0. The van der Waals surface area contributed by atoms with Crippen LogP contribution in [0.1, 0.15) is 36.5 Å². The van der Waals surface area contributed by atoms with Gasteiger partial charge in [0.2, 0.25) is 5.91 Å². The smallest absolute Gasteiger partial charge is 0.261 e. The first-order valence-electron chi connectivity index (χ1n) is 6.32. The number of amides is 2. The van der Waals surface area contributed by atoms with Crippen molar-refractivity contribution in [3.05, 3.63) is 34.1 Å². The topological polar surface area (TPSA) is 37.4 Å². The lowest BCUT2D eigenvalue weighted by atomic mass is 10.0. The highest BCUT2D eigenvalue weighted by Crippen LogP contribution is 2.26. The third kappa shape index (κ3) is 3.03. The molecule has 1 fully saturated rings. The van der Waals surface area contributed by atoms with E-state index in [4.69, 9.17) is 0 Å². The standard InChI is InChI=1S/C14H15BrFNO2/c1-2-3-9-6-13(18)17(8-9)14(19)11-7-10(16)4-5-12(11)15/h4-5,7,9H,2-3,6,8H2,1H3. The van der Waals surface area contributed by atoms with Crippen LogP contribution in [0.3, 0.4) is 0 Å². The van der Waals surface area contributed by atoms with Gasteiger partial charge in [0, 0.05) is 17.4 Å². The van der Waals surface area contributed by atoms with Crippen molar-refractivity contribution in [1.82, 2.24) is 4.90 Å². The molecule has 3 nitrogen and oxygen atoms in total. The summed E-state index contributed by atoms with van der Waals surface area (Å²) in [5.41, 5.74) is 0.200. The van der Waals surface area contributed by atoms with Gasteiger partial charge in [0.05, 0.1) is 5.56 Å². The lowest BCUT2D eigenvalue weighted by Crippen LogP contribution is -2.32. The van der Waals surface area contributed by atoms with Crippen LogP contribution in [0.5, 0.6) is 0 Å². The van der Waals surface area contributed by atoms with Gasteiger partial charge in [-0.25, -0.2) is 4.39 Å². The molecule has 0 aromatic heterocycles. The zero-order valence-electron chi connectivity index (χ0n) is 10.7. The Bertz CT molecular complexity index is 518. The van der Waals surface area contributed by atoms with E-state index < -0.39 is 11.7 Å². The second-order valence-electron chi connectivity index (χ2n) is 4.79. The fraction of sp³-hybridized carbons (Fsp3) is 0.429. The number of rotatable bonds is 3. The van der Waals surface area contributed by atoms with Crippen molar-refractivity contribution in [1.29, 1.82) is 0 Å². The monoisotopic (exact) mass is 327 g/mol. The SMILES string of the molecule is CCCC1CC(=O)N(C(=O)c2cc(F)ccc2Br)C1. The van der Waals surface area contributed by atoms with E-state index in [1.807, 2.05) is 0 Å². The van der Waals surface area contributed by atoms with Gasteiger partial charge < -0.3 is 0 Å². The van der Waals surface area contributed by atoms with E-state index in [0.29, 0.717) is 17.4 Å². The molecule has 1 aliphatic rings. The number of carbonyl (C=O) groups is 2. The Morgan fingerprint density at radius 3 is 2.95 bits per heavy atom. The first kappa shape index (κ1) is 14.2. The molecule has 0 saturated carbocycles. The Labute approximate surface area is 119 Å². The molecule has 0 bridgehead atoms. The van der Waals surface area contributed by atoms with Crippen LogP contribution in [-0.4, -0.2) is 23.3 Å². The average Bonchev–Trinajstić information content (AvgIpc) is 2.73. The van der Waals surface area contributed by atoms with Crippen LogP contribution in [0, 0.1) is 11.7 Å². The predicted molar refractivity (Wildman–Crippen MR) is 73.2 cm³/mol. The molecular weight excluding hydrogens is 313 g/mol. The Kier molecular flexibility index (Phi) is 4.34. The fourth-order valence-corrected chi connectivity index (χ4v) is 2.80. The zero-order chi connectivity index (χ0) is 14.0. The van der Waals surface area contributed by atoms with E-state index in [0.717, 1.165) is 18.9 Å². The van der Waals surface area contributed by atoms with Crippen LogP contribution in [0.2, 0.25) is 0 Å². The normalized spacial score (nSPS) is 19.0. The van der Waals surface area contributed by atoms with Crippen LogP contribution in [0.4, 0.5) is 4.39 Å². The largest absolute Gasteiger partial charge is 0.278 e. The fourth-order valence-electron chi connectivity index (χ4n) is 2.39. The first-order chi connectivity index (χ1) is 9.02. The lowest BCUT2D eigenvalue weighted by molar-refractivity contribution is -0.125. The van der Waals surface area contributed by atoms with Crippen molar-refractivity contribution in [2.75, 3.05) is 6.54 Å². The number of nitrogens with zero attached hydrogens (tertiary/aromatic N) is 1. The van der Waals surface area contributed by atoms with E-state index in [1.54, 1.807) is 0 Å². The molecule has 1 heterocycles. The van der Waals surface area contributed by atoms with Crippen LogP contribution >= 0.6 is 15.9 Å². The zero-order valence-corrected chi connectivity index (χ0v) is 12.2. The van der Waals surface area contributed by atoms with Gasteiger partial charge in [0.1, 0.15) is 5.82 Å². The summed E-state index contributed by atoms with van der Waals surface area (Å²) in [6.45, 7) is 2.49. The molecule has 0 radical (unpaired) electrons. The molecular formula is C14H15BrFNO2. The molecule has 102 valence electrons. The van der Waals surface area contributed by atoms with E-state index in [2.05, 4.69) is 22.9 Å². The van der Waals surface area contributed by atoms with Crippen LogP contribution in [0.25, 0.3) is 0 Å². The highest BCUT2D eigenvalue weighted by molar-refractivity contribution is 9.10. The number of imide groups is 1. The van der Waals surface area contributed by atoms with Crippen molar-refractivity contribution < 1.29 is 14.0 Å². The van der Waals surface area contributed by atoms with Crippen LogP contribution < -0.4 is 0 Å². The van der Waals surface area contributed by atoms with Gasteiger partial charge in [-0.05, 0) is 46.5 Å². The van der Waals surface area contributed by atoms with Gasteiger partial charge in [-0.2, -0.15) is 0 Å². The molecule has 0 spiro atoms. The van der Waals surface area contributed by atoms with Gasteiger partial charge >= 0.3 is 0 Å². The summed E-state index contributed by atoms with van der Waals surface area (Å²) in [4.78, 5) is 25.4. The Hall–Kier alpha value is -1.23. The average molecular weight is 328 g/mol. The molecule has 0 N–H and O–H groups in total. The Morgan fingerprint density at radius 2 is 2.26 bits per heavy atom. The first-order valence-corrected chi connectivity index (χ1v) is 7.12. The second-order valence-corrected chi connectivity index (χ2v) is 5.65. The quantitative estimate of drug-likeness (QED) is 0.798. The third-order valence-electron chi connectivity index (χ3n) is 3.31. The van der Waals surface area contributed by atoms with Gasteiger partial charge in [-0.1, -0.05) is 13.3 Å². The summed E-state index contributed by atoms with van der Waals surface area (Å²) >= 11 is 3.22. The summed E-state index contributed by atoms with van der Waals surface area (Å²) in [6.07, 6.45) is 2.33. The molecule has 2 rings (SSSR count). The van der Waals surface area contributed by atoms with Crippen molar-refractivity contribution in [2.24, 2.45) is 5.92 Å². The van der Waals surface area contributed by atoms with E-state index in [1.165, 1.54) is 17.0 Å². The van der Waals surface area contributed by atoms with Crippen molar-refractivity contribution >= 4 is 27.7 Å². The maximum absolute atomic E-state index is 13.2. The highest BCUT2D eigenvalue weighted by Gasteiger charge is 2.34. The van der Waals surface area contributed by atoms with Gasteiger partial charge in [0.25, 0.3) is 5.91 Å². The molecule has 1 aromatic carbocycles. The van der Waals surface area contributed by atoms with Crippen molar-refractivity contribution in [3.8, 4) is 0 Å². The molecule has 1 aliphatic heterocycles. The maximum Gasteiger partial charge on any atom is 0.261 e. The molecule has 5 heteroatoms. The van der Waals surface area contributed by atoms with Crippen molar-refractivity contribution in [2.45, 2.75) is 26.2 Å². The van der Waals surface area contributed by atoms with E-state index in [-0.39, 0.29) is 17.4 Å². The molecule has 1 aromatic rings. The number of hydrogen-bond acceptors (Lipinski definition) is 2. The highest BCUT2D eigenvalue weighted by atomic mass is 79.9. The van der Waals surface area contributed by atoms with E-state index in [9.17, 15) is 14.0 Å². The van der Waals surface area contributed by atoms with Gasteiger partial charge in [-0.15, -0.1) is 0 Å². The predicted octanol–water partition coefficient (Wildman–Crippen LogP) is 3.38. The molecule has 2 amide bonds. The molecule has 1 atom stereocenters. The number of benzene rings is 1. The Balaban J connectivity index is 2.20. The Morgan fingerprint density at radius 1 is 1.53 bits per heavy atom. The molecule has 1 saturated heterocycles. The van der Waals surface area contributed by atoms with Crippen LogP contribution in [-0.2, 0) is 4.79 Å². The summed E-state index contributed by atoms with van der Waals surface area (Å²) < 4.78 is 13.7. The molecule has 0 aliphatic carbocycles. The summed E-state index contributed by atoms with van der Waals surface area (Å²) in [6, 6.07) is 3.91. The summed E-state index contributed by atoms with van der Waals surface area (Å²) in [7, 11) is 0. The second kappa shape index (κ2) is 5.82. The van der Waals surface area contributed by atoms with Crippen molar-refractivity contribution in [3.63, 3.8) is 0 Å². The minimum atomic E-state index is -0.483. The van der Waals surface area contributed by atoms with E-state index >= 15 is 0 Å². The third-order valence-corrected chi connectivity index (χ3v) is 4.00. The minimum absolute atomic E-state index is 0.167. The summed E-state index contributed by atoms with van der Waals surface area (Å²) in [5.74, 6) is -0.841. The lowest BCUT2D eigenvalue weighted by Gasteiger charge is -2.15. The number of likely N-dealkylation sites (tertiary alicyclic amines) is 1. The molecule has 19 heavy (non-hydrogen) atoms.